The third kappa shape index (κ3) is 4.32. The molecule has 0 heterocycles. The van der Waals surface area contributed by atoms with E-state index >= 15 is 0 Å². The summed E-state index contributed by atoms with van der Waals surface area (Å²) in [7, 11) is -3.19. The highest BCUT2D eigenvalue weighted by Crippen LogP contribution is 2.27. The Kier molecular flexibility index (Phi) is 5.56. The molecule has 0 aliphatic carbocycles. The molecule has 0 amide bonds. The molecular weight excluding hydrogens is 258 g/mol. The maximum absolute atomic E-state index is 12.5. The Hall–Kier alpha value is -0.870. The summed E-state index contributed by atoms with van der Waals surface area (Å²) in [5, 5.41) is -0.530. The standard InChI is InChI=1S/C15H25NO2S/c1-11(2)10-19(17,18)15(12(3)4)14(16)13-8-6-5-7-9-13/h5-9,11-12,14-15H,10,16H2,1-4H3. The second-order valence-electron chi connectivity index (χ2n) is 5.87. The molecule has 0 spiro atoms. The van der Waals surface area contributed by atoms with Gasteiger partial charge < -0.3 is 5.73 Å². The number of rotatable bonds is 6. The minimum absolute atomic E-state index is 0.000967. The molecular formula is C15H25NO2S. The lowest BCUT2D eigenvalue weighted by Crippen LogP contribution is -2.40. The van der Waals surface area contributed by atoms with Gasteiger partial charge in [0.25, 0.3) is 0 Å². The monoisotopic (exact) mass is 283 g/mol. The average molecular weight is 283 g/mol. The quantitative estimate of drug-likeness (QED) is 0.873. The van der Waals surface area contributed by atoms with Crippen molar-refractivity contribution in [1.29, 1.82) is 0 Å². The predicted molar refractivity (Wildman–Crippen MR) is 80.6 cm³/mol. The summed E-state index contributed by atoms with van der Waals surface area (Å²) in [6.07, 6.45) is 0. The molecule has 2 N–H and O–H groups in total. The Morgan fingerprint density at radius 1 is 1.05 bits per heavy atom. The van der Waals surface area contributed by atoms with Gasteiger partial charge in [0, 0.05) is 6.04 Å². The molecule has 2 atom stereocenters. The number of nitrogens with two attached hydrogens (primary N) is 1. The topological polar surface area (TPSA) is 60.2 Å². The van der Waals surface area contributed by atoms with Crippen molar-refractivity contribution in [2.45, 2.75) is 39.0 Å². The van der Waals surface area contributed by atoms with Crippen LogP contribution in [0.25, 0.3) is 0 Å². The van der Waals surface area contributed by atoms with Crippen LogP contribution in [-0.4, -0.2) is 19.4 Å². The van der Waals surface area contributed by atoms with Crippen LogP contribution in [0, 0.1) is 11.8 Å². The van der Waals surface area contributed by atoms with Gasteiger partial charge in [0.15, 0.2) is 9.84 Å². The molecule has 0 aromatic heterocycles. The van der Waals surface area contributed by atoms with Crippen LogP contribution >= 0.6 is 0 Å². The van der Waals surface area contributed by atoms with Gasteiger partial charge in [-0.25, -0.2) is 8.42 Å². The molecule has 0 bridgehead atoms. The Labute approximate surface area is 117 Å². The maximum Gasteiger partial charge on any atom is 0.155 e. The van der Waals surface area contributed by atoms with Crippen LogP contribution in [0.1, 0.15) is 39.3 Å². The normalized spacial score (nSPS) is 15.7. The van der Waals surface area contributed by atoms with E-state index in [0.717, 1.165) is 5.56 Å². The van der Waals surface area contributed by atoms with E-state index in [9.17, 15) is 8.42 Å². The van der Waals surface area contributed by atoms with Crippen LogP contribution < -0.4 is 5.73 Å². The third-order valence-electron chi connectivity index (χ3n) is 3.18. The van der Waals surface area contributed by atoms with E-state index in [2.05, 4.69) is 0 Å². The first kappa shape index (κ1) is 16.2. The van der Waals surface area contributed by atoms with Crippen molar-refractivity contribution in [2.75, 3.05) is 5.75 Å². The average Bonchev–Trinajstić information content (AvgIpc) is 2.27. The van der Waals surface area contributed by atoms with Crippen molar-refractivity contribution >= 4 is 9.84 Å². The highest BCUT2D eigenvalue weighted by molar-refractivity contribution is 7.92. The largest absolute Gasteiger partial charge is 0.323 e. The number of hydrogen-bond acceptors (Lipinski definition) is 3. The highest BCUT2D eigenvalue weighted by Gasteiger charge is 2.35. The van der Waals surface area contributed by atoms with E-state index < -0.39 is 21.1 Å². The molecule has 2 unspecified atom stereocenters. The van der Waals surface area contributed by atoms with Gasteiger partial charge >= 0.3 is 0 Å². The van der Waals surface area contributed by atoms with Crippen LogP contribution in [0.15, 0.2) is 30.3 Å². The molecule has 0 aliphatic heterocycles. The Morgan fingerprint density at radius 2 is 1.58 bits per heavy atom. The lowest BCUT2D eigenvalue weighted by Gasteiger charge is -2.28. The fourth-order valence-electron chi connectivity index (χ4n) is 2.49. The Morgan fingerprint density at radius 3 is 2.00 bits per heavy atom. The molecule has 108 valence electrons. The number of sulfone groups is 1. The highest BCUT2D eigenvalue weighted by atomic mass is 32.2. The molecule has 19 heavy (non-hydrogen) atoms. The molecule has 4 heteroatoms. The lowest BCUT2D eigenvalue weighted by molar-refractivity contribution is 0.477. The van der Waals surface area contributed by atoms with Gasteiger partial charge in [0.05, 0.1) is 11.0 Å². The summed E-state index contributed by atoms with van der Waals surface area (Å²) in [5.41, 5.74) is 7.11. The first-order valence-corrected chi connectivity index (χ1v) is 8.49. The van der Waals surface area contributed by atoms with Gasteiger partial charge in [0.1, 0.15) is 0 Å². The van der Waals surface area contributed by atoms with Crippen LogP contribution in [0.2, 0.25) is 0 Å². The van der Waals surface area contributed by atoms with E-state index in [-0.39, 0.29) is 17.6 Å². The van der Waals surface area contributed by atoms with Crippen LogP contribution in [0.5, 0.6) is 0 Å². The molecule has 0 aliphatic rings. The minimum Gasteiger partial charge on any atom is -0.323 e. The third-order valence-corrected chi connectivity index (χ3v) is 5.97. The summed E-state index contributed by atoms with van der Waals surface area (Å²) in [6.45, 7) is 7.68. The first-order chi connectivity index (χ1) is 8.75. The van der Waals surface area contributed by atoms with Gasteiger partial charge in [-0.15, -0.1) is 0 Å². The maximum atomic E-state index is 12.5. The molecule has 0 saturated carbocycles. The van der Waals surface area contributed by atoms with E-state index in [0.29, 0.717) is 0 Å². The predicted octanol–water partition coefficient (Wildman–Crippen LogP) is 2.78. The van der Waals surface area contributed by atoms with Gasteiger partial charge in [-0.1, -0.05) is 58.0 Å². The van der Waals surface area contributed by atoms with E-state index in [1.165, 1.54) is 0 Å². The minimum atomic E-state index is -3.19. The van der Waals surface area contributed by atoms with Crippen molar-refractivity contribution in [2.24, 2.45) is 17.6 Å². The first-order valence-electron chi connectivity index (χ1n) is 6.77. The summed E-state index contributed by atoms with van der Waals surface area (Å²) >= 11 is 0. The fourth-order valence-corrected chi connectivity index (χ4v) is 5.08. The van der Waals surface area contributed by atoms with Crippen molar-refractivity contribution in [3.63, 3.8) is 0 Å². The van der Waals surface area contributed by atoms with Gasteiger partial charge in [-0.2, -0.15) is 0 Å². The Bertz CT molecular complexity index is 480. The van der Waals surface area contributed by atoms with Crippen molar-refractivity contribution in [3.8, 4) is 0 Å². The molecule has 1 rings (SSSR count). The number of benzene rings is 1. The number of hydrogen-bond donors (Lipinski definition) is 1. The van der Waals surface area contributed by atoms with Crippen LogP contribution in [-0.2, 0) is 9.84 Å². The van der Waals surface area contributed by atoms with E-state index in [1.54, 1.807) is 0 Å². The van der Waals surface area contributed by atoms with Gasteiger partial charge in [0.2, 0.25) is 0 Å². The molecule has 0 fully saturated rings. The fraction of sp³-hybridized carbons (Fsp3) is 0.600. The molecule has 0 saturated heterocycles. The zero-order chi connectivity index (χ0) is 14.6. The van der Waals surface area contributed by atoms with Crippen molar-refractivity contribution in [1.82, 2.24) is 0 Å². The van der Waals surface area contributed by atoms with E-state index in [4.69, 9.17) is 5.73 Å². The molecule has 1 aromatic carbocycles. The van der Waals surface area contributed by atoms with Crippen molar-refractivity contribution in [3.05, 3.63) is 35.9 Å². The molecule has 3 nitrogen and oxygen atoms in total. The second kappa shape index (κ2) is 6.53. The van der Waals surface area contributed by atoms with E-state index in [1.807, 2.05) is 58.0 Å². The van der Waals surface area contributed by atoms with Gasteiger partial charge in [-0.3, -0.25) is 0 Å². The zero-order valence-electron chi connectivity index (χ0n) is 12.2. The summed E-state index contributed by atoms with van der Waals surface area (Å²) in [4.78, 5) is 0. The molecule has 0 radical (unpaired) electrons. The lowest BCUT2D eigenvalue weighted by atomic mass is 9.97. The van der Waals surface area contributed by atoms with Gasteiger partial charge in [-0.05, 0) is 17.4 Å². The molecule has 1 aromatic rings. The van der Waals surface area contributed by atoms with Crippen LogP contribution in [0.3, 0.4) is 0 Å². The Balaban J connectivity index is 3.08. The smallest absolute Gasteiger partial charge is 0.155 e. The SMILES string of the molecule is CC(C)CS(=O)(=O)C(C(C)C)C(N)c1ccccc1. The van der Waals surface area contributed by atoms with Crippen LogP contribution in [0.4, 0.5) is 0 Å². The second-order valence-corrected chi connectivity index (χ2v) is 8.07. The summed E-state index contributed by atoms with van der Waals surface area (Å²) in [6, 6.07) is 9.01. The summed E-state index contributed by atoms with van der Waals surface area (Å²) in [5.74, 6) is 0.310. The summed E-state index contributed by atoms with van der Waals surface area (Å²) < 4.78 is 25.0. The van der Waals surface area contributed by atoms with Crippen molar-refractivity contribution < 1.29 is 8.42 Å². The zero-order valence-corrected chi connectivity index (χ0v) is 13.0.